The molecule has 3 nitrogen and oxygen atoms in total. The SMILES string of the molecule is O=C(c1cccc(NCc2cccs2)c1)N1CCSCC1. The van der Waals surface area contributed by atoms with Crippen LogP contribution in [0, 0.1) is 0 Å². The molecule has 1 amide bonds. The molecule has 0 spiro atoms. The van der Waals surface area contributed by atoms with E-state index in [1.807, 2.05) is 40.9 Å². The van der Waals surface area contributed by atoms with Gasteiger partial charge in [0.05, 0.1) is 0 Å². The van der Waals surface area contributed by atoms with Gasteiger partial charge in [-0.1, -0.05) is 12.1 Å². The second-order valence-corrected chi connectivity index (χ2v) is 7.18. The molecule has 21 heavy (non-hydrogen) atoms. The lowest BCUT2D eigenvalue weighted by Crippen LogP contribution is -2.37. The van der Waals surface area contributed by atoms with Gasteiger partial charge in [-0.05, 0) is 29.6 Å². The zero-order valence-electron chi connectivity index (χ0n) is 11.7. The van der Waals surface area contributed by atoms with Gasteiger partial charge in [0.2, 0.25) is 0 Å². The molecule has 2 aromatic rings. The number of carbonyl (C=O) groups is 1. The Morgan fingerprint density at radius 3 is 2.81 bits per heavy atom. The molecule has 1 N–H and O–H groups in total. The maximum absolute atomic E-state index is 12.5. The second-order valence-electron chi connectivity index (χ2n) is 4.92. The van der Waals surface area contributed by atoms with E-state index in [4.69, 9.17) is 0 Å². The fourth-order valence-electron chi connectivity index (χ4n) is 2.31. The summed E-state index contributed by atoms with van der Waals surface area (Å²) < 4.78 is 0. The average Bonchev–Trinajstić information content (AvgIpc) is 3.07. The molecular formula is C16H18N2OS2. The van der Waals surface area contributed by atoms with Crippen LogP contribution in [0.2, 0.25) is 0 Å². The maximum Gasteiger partial charge on any atom is 0.253 e. The Morgan fingerprint density at radius 1 is 1.19 bits per heavy atom. The number of anilines is 1. The molecular weight excluding hydrogens is 300 g/mol. The Hall–Kier alpha value is -1.46. The maximum atomic E-state index is 12.5. The number of benzene rings is 1. The van der Waals surface area contributed by atoms with Gasteiger partial charge < -0.3 is 10.2 Å². The minimum absolute atomic E-state index is 0.148. The molecule has 2 heterocycles. The topological polar surface area (TPSA) is 32.3 Å². The molecule has 0 radical (unpaired) electrons. The predicted molar refractivity (Wildman–Crippen MR) is 91.3 cm³/mol. The van der Waals surface area contributed by atoms with Gasteiger partial charge in [0.25, 0.3) is 5.91 Å². The van der Waals surface area contributed by atoms with E-state index in [9.17, 15) is 4.79 Å². The van der Waals surface area contributed by atoms with Crippen molar-refractivity contribution in [2.24, 2.45) is 0 Å². The van der Waals surface area contributed by atoms with Crippen molar-refractivity contribution in [3.8, 4) is 0 Å². The number of hydrogen-bond donors (Lipinski definition) is 1. The zero-order chi connectivity index (χ0) is 14.5. The van der Waals surface area contributed by atoms with E-state index >= 15 is 0 Å². The number of hydrogen-bond acceptors (Lipinski definition) is 4. The predicted octanol–water partition coefficient (Wildman–Crippen LogP) is 3.55. The molecule has 1 saturated heterocycles. The number of thiophene rings is 1. The Morgan fingerprint density at radius 2 is 2.05 bits per heavy atom. The van der Waals surface area contributed by atoms with Gasteiger partial charge in [0.1, 0.15) is 0 Å². The van der Waals surface area contributed by atoms with Crippen LogP contribution in [0.15, 0.2) is 41.8 Å². The molecule has 1 aliphatic rings. The van der Waals surface area contributed by atoms with Crippen LogP contribution in [-0.2, 0) is 6.54 Å². The summed E-state index contributed by atoms with van der Waals surface area (Å²) in [4.78, 5) is 15.7. The monoisotopic (exact) mass is 318 g/mol. The summed E-state index contributed by atoms with van der Waals surface area (Å²) in [7, 11) is 0. The van der Waals surface area contributed by atoms with Crippen LogP contribution in [0.5, 0.6) is 0 Å². The van der Waals surface area contributed by atoms with E-state index < -0.39 is 0 Å². The van der Waals surface area contributed by atoms with Gasteiger partial charge in [-0.3, -0.25) is 4.79 Å². The Labute approximate surface area is 133 Å². The third kappa shape index (κ3) is 3.80. The third-order valence-electron chi connectivity index (χ3n) is 3.45. The molecule has 1 fully saturated rings. The number of nitrogens with one attached hydrogen (secondary N) is 1. The lowest BCUT2D eigenvalue weighted by Gasteiger charge is -2.26. The van der Waals surface area contributed by atoms with Crippen molar-refractivity contribution in [2.75, 3.05) is 29.9 Å². The summed E-state index contributed by atoms with van der Waals surface area (Å²) in [6.07, 6.45) is 0. The summed E-state index contributed by atoms with van der Waals surface area (Å²) in [5, 5.41) is 5.46. The van der Waals surface area contributed by atoms with E-state index in [-0.39, 0.29) is 5.91 Å². The van der Waals surface area contributed by atoms with Gasteiger partial charge in [0, 0.05) is 47.3 Å². The second kappa shape index (κ2) is 7.00. The van der Waals surface area contributed by atoms with Crippen LogP contribution in [0.4, 0.5) is 5.69 Å². The fourth-order valence-corrected chi connectivity index (χ4v) is 3.86. The average molecular weight is 318 g/mol. The zero-order valence-corrected chi connectivity index (χ0v) is 13.4. The first-order valence-electron chi connectivity index (χ1n) is 7.06. The first kappa shape index (κ1) is 14.5. The molecule has 5 heteroatoms. The van der Waals surface area contributed by atoms with Crippen molar-refractivity contribution >= 4 is 34.7 Å². The summed E-state index contributed by atoms with van der Waals surface area (Å²) >= 11 is 3.65. The lowest BCUT2D eigenvalue weighted by molar-refractivity contribution is 0.0772. The van der Waals surface area contributed by atoms with Crippen molar-refractivity contribution in [3.63, 3.8) is 0 Å². The molecule has 1 aliphatic heterocycles. The van der Waals surface area contributed by atoms with Gasteiger partial charge in [-0.2, -0.15) is 11.8 Å². The smallest absolute Gasteiger partial charge is 0.253 e. The van der Waals surface area contributed by atoms with Crippen LogP contribution in [0.1, 0.15) is 15.2 Å². The van der Waals surface area contributed by atoms with Gasteiger partial charge in [-0.15, -0.1) is 11.3 Å². The molecule has 0 unspecified atom stereocenters. The van der Waals surface area contributed by atoms with E-state index in [2.05, 4.69) is 22.8 Å². The van der Waals surface area contributed by atoms with E-state index in [0.717, 1.165) is 42.4 Å². The van der Waals surface area contributed by atoms with Crippen LogP contribution < -0.4 is 5.32 Å². The van der Waals surface area contributed by atoms with Gasteiger partial charge in [-0.25, -0.2) is 0 Å². The van der Waals surface area contributed by atoms with Crippen molar-refractivity contribution < 1.29 is 4.79 Å². The van der Waals surface area contributed by atoms with E-state index in [1.54, 1.807) is 11.3 Å². The summed E-state index contributed by atoms with van der Waals surface area (Å²) in [6, 6.07) is 12.0. The first-order valence-corrected chi connectivity index (χ1v) is 9.10. The largest absolute Gasteiger partial charge is 0.380 e. The summed E-state index contributed by atoms with van der Waals surface area (Å²) in [6.45, 7) is 2.52. The van der Waals surface area contributed by atoms with Crippen LogP contribution >= 0.6 is 23.1 Å². The summed E-state index contributed by atoms with van der Waals surface area (Å²) in [5.74, 6) is 2.24. The number of thioether (sulfide) groups is 1. The molecule has 1 aromatic carbocycles. The Kier molecular flexibility index (Phi) is 4.83. The van der Waals surface area contributed by atoms with Crippen molar-refractivity contribution in [1.82, 2.24) is 4.90 Å². The molecule has 0 saturated carbocycles. The molecule has 0 bridgehead atoms. The Bertz CT molecular complexity index is 592. The first-order chi connectivity index (χ1) is 10.3. The molecule has 0 aliphatic carbocycles. The van der Waals surface area contributed by atoms with Crippen molar-refractivity contribution in [2.45, 2.75) is 6.54 Å². The molecule has 0 atom stereocenters. The minimum atomic E-state index is 0.148. The van der Waals surface area contributed by atoms with E-state index in [0.29, 0.717) is 0 Å². The van der Waals surface area contributed by atoms with Gasteiger partial charge in [0.15, 0.2) is 0 Å². The van der Waals surface area contributed by atoms with Crippen molar-refractivity contribution in [3.05, 3.63) is 52.2 Å². The molecule has 110 valence electrons. The van der Waals surface area contributed by atoms with Crippen LogP contribution in [-0.4, -0.2) is 35.4 Å². The van der Waals surface area contributed by atoms with Crippen molar-refractivity contribution in [1.29, 1.82) is 0 Å². The highest BCUT2D eigenvalue weighted by Gasteiger charge is 2.18. The minimum Gasteiger partial charge on any atom is -0.380 e. The molecule has 3 rings (SSSR count). The quantitative estimate of drug-likeness (QED) is 0.935. The van der Waals surface area contributed by atoms with Gasteiger partial charge >= 0.3 is 0 Å². The third-order valence-corrected chi connectivity index (χ3v) is 5.27. The highest BCUT2D eigenvalue weighted by Crippen LogP contribution is 2.17. The number of rotatable bonds is 4. The van der Waals surface area contributed by atoms with Crippen LogP contribution in [0.25, 0.3) is 0 Å². The normalized spacial score (nSPS) is 15.0. The number of amides is 1. The Balaban J connectivity index is 1.66. The van der Waals surface area contributed by atoms with E-state index in [1.165, 1.54) is 4.88 Å². The highest BCUT2D eigenvalue weighted by atomic mass is 32.2. The summed E-state index contributed by atoms with van der Waals surface area (Å²) in [5.41, 5.74) is 1.78. The number of carbonyl (C=O) groups excluding carboxylic acids is 1. The standard InChI is InChI=1S/C16H18N2OS2/c19-16(18-6-9-20-10-7-18)13-3-1-4-14(11-13)17-12-15-5-2-8-21-15/h1-5,8,11,17H,6-7,9-10,12H2. The molecule has 1 aromatic heterocycles. The van der Waals surface area contributed by atoms with Crippen LogP contribution in [0.3, 0.4) is 0 Å². The fraction of sp³-hybridized carbons (Fsp3) is 0.312. The number of nitrogens with zero attached hydrogens (tertiary/aromatic N) is 1. The lowest BCUT2D eigenvalue weighted by atomic mass is 10.1. The highest BCUT2D eigenvalue weighted by molar-refractivity contribution is 7.99.